The molecule has 254 valence electrons. The molecule has 0 fully saturated rings. The van der Waals surface area contributed by atoms with Crippen molar-refractivity contribution < 1.29 is 36.2 Å². The number of rotatable bonds is 7. The van der Waals surface area contributed by atoms with Gasteiger partial charge in [0.15, 0.2) is 11.5 Å². The third kappa shape index (κ3) is 6.84. The smallest absolute Gasteiger partial charge is 0.296 e. The molecule has 0 aliphatic heterocycles. The number of nitrogens with zero attached hydrogens (tertiary/aromatic N) is 4. The Morgan fingerprint density at radius 3 is 1.08 bits per heavy atom. The second-order valence-corrected chi connectivity index (χ2v) is 14.9. The largest absolute Gasteiger partial charge is 0.505 e. The zero-order valence-electron chi connectivity index (χ0n) is 24.6. The second kappa shape index (κ2) is 13.4. The molecule has 18 heteroatoms. The van der Waals surface area contributed by atoms with Gasteiger partial charge in [-0.15, -0.1) is 20.5 Å². The first-order chi connectivity index (χ1) is 23.5. The number of phenolic OH excluding ortho intramolecular Hbond substituents is 2. The van der Waals surface area contributed by atoms with E-state index in [1.807, 2.05) is 0 Å². The molecule has 0 bridgehead atoms. The number of azo groups is 2. The molecule has 0 amide bonds. The first kappa shape index (κ1) is 35.4. The van der Waals surface area contributed by atoms with Gasteiger partial charge in [-0.2, -0.15) is 16.8 Å². The van der Waals surface area contributed by atoms with Crippen LogP contribution in [0.5, 0.6) is 11.5 Å². The lowest BCUT2D eigenvalue weighted by atomic mass is 10.0. The summed E-state index contributed by atoms with van der Waals surface area (Å²) in [6.07, 6.45) is 0. The van der Waals surface area contributed by atoms with Crippen molar-refractivity contribution in [2.24, 2.45) is 20.5 Å². The normalized spacial score (nSPS) is 12.5. The number of benzene rings is 6. The number of fused-ring (bicyclic) bond motifs is 2. The third-order valence-electron chi connectivity index (χ3n) is 7.34. The highest BCUT2D eigenvalue weighted by Crippen LogP contribution is 2.46. The maximum Gasteiger partial charge on any atom is 0.296 e. The molecule has 0 aliphatic carbocycles. The van der Waals surface area contributed by atoms with E-state index in [-0.39, 0.29) is 42.2 Å². The van der Waals surface area contributed by atoms with E-state index >= 15 is 0 Å². The molecular formula is C32H18Cl4N4O8S2. The quantitative estimate of drug-likeness (QED) is 0.0903. The Labute approximate surface area is 303 Å². The summed E-state index contributed by atoms with van der Waals surface area (Å²) in [6, 6.07) is 20.6. The lowest BCUT2D eigenvalue weighted by molar-refractivity contribution is 0.471. The fourth-order valence-corrected chi connectivity index (χ4v) is 7.47. The van der Waals surface area contributed by atoms with Crippen LogP contribution in [0.3, 0.4) is 0 Å². The number of aromatic hydroxyl groups is 2. The first-order valence-electron chi connectivity index (χ1n) is 13.8. The van der Waals surface area contributed by atoms with E-state index in [1.54, 1.807) is 36.4 Å². The van der Waals surface area contributed by atoms with Crippen molar-refractivity contribution in [2.75, 3.05) is 0 Å². The topological polar surface area (TPSA) is 199 Å². The van der Waals surface area contributed by atoms with Gasteiger partial charge in [-0.1, -0.05) is 94.9 Å². The molecular weight excluding hydrogens is 774 g/mol. The van der Waals surface area contributed by atoms with Crippen LogP contribution in [0.4, 0.5) is 22.7 Å². The lowest BCUT2D eigenvalue weighted by Crippen LogP contribution is -1.99. The highest BCUT2D eigenvalue weighted by molar-refractivity contribution is 7.86. The Morgan fingerprint density at radius 2 is 0.760 bits per heavy atom. The SMILES string of the molecule is O=S(=O)(O)c1cc2ccccc2c(O)c1/N=N/c1c(Cl)cc(-c2cc(Cl)c(/N=N/c3c(S(=O)(=O)O)cc4ccccc4c3O)c(Cl)c2)cc1Cl. The molecule has 6 aromatic carbocycles. The minimum Gasteiger partial charge on any atom is -0.505 e. The molecule has 0 heterocycles. The Kier molecular flexibility index (Phi) is 9.49. The van der Waals surface area contributed by atoms with Crippen molar-refractivity contribution in [3.63, 3.8) is 0 Å². The van der Waals surface area contributed by atoms with Crippen molar-refractivity contribution in [3.8, 4) is 22.6 Å². The fraction of sp³-hybridized carbons (Fsp3) is 0. The van der Waals surface area contributed by atoms with E-state index in [2.05, 4.69) is 20.5 Å². The van der Waals surface area contributed by atoms with Gasteiger partial charge in [-0.25, -0.2) is 0 Å². The van der Waals surface area contributed by atoms with Crippen LogP contribution in [0.15, 0.2) is 115 Å². The van der Waals surface area contributed by atoms with Gasteiger partial charge in [-0.05, 0) is 58.3 Å². The van der Waals surface area contributed by atoms with Crippen LogP contribution < -0.4 is 0 Å². The Hall–Kier alpha value is -4.38. The lowest BCUT2D eigenvalue weighted by Gasteiger charge is -2.11. The first-order valence-corrected chi connectivity index (χ1v) is 18.2. The molecule has 12 nitrogen and oxygen atoms in total. The predicted molar refractivity (Wildman–Crippen MR) is 191 cm³/mol. The fourth-order valence-electron chi connectivity index (χ4n) is 5.03. The number of hydrogen-bond acceptors (Lipinski definition) is 10. The van der Waals surface area contributed by atoms with Crippen LogP contribution in [0, 0.1) is 0 Å². The van der Waals surface area contributed by atoms with E-state index in [0.717, 1.165) is 12.1 Å². The van der Waals surface area contributed by atoms with E-state index in [9.17, 15) is 36.2 Å². The maximum atomic E-state index is 12.1. The van der Waals surface area contributed by atoms with Gasteiger partial charge >= 0.3 is 0 Å². The molecule has 0 saturated heterocycles. The monoisotopic (exact) mass is 790 g/mol. The Balaban J connectivity index is 1.36. The van der Waals surface area contributed by atoms with Gasteiger partial charge in [-0.3, -0.25) is 9.11 Å². The van der Waals surface area contributed by atoms with Gasteiger partial charge in [0, 0.05) is 10.8 Å². The molecule has 4 N–H and O–H groups in total. The Bertz CT molecular complexity index is 2460. The van der Waals surface area contributed by atoms with E-state index < -0.39 is 52.9 Å². The van der Waals surface area contributed by atoms with Crippen LogP contribution in [0.25, 0.3) is 32.7 Å². The molecule has 0 aromatic heterocycles. The zero-order valence-corrected chi connectivity index (χ0v) is 29.3. The molecule has 0 aliphatic rings. The zero-order chi connectivity index (χ0) is 36.1. The predicted octanol–water partition coefficient (Wildman–Crippen LogP) is 11.0. The molecule has 0 spiro atoms. The van der Waals surface area contributed by atoms with Gasteiger partial charge in [0.25, 0.3) is 20.2 Å². The molecule has 0 atom stereocenters. The summed E-state index contributed by atoms with van der Waals surface area (Å²) < 4.78 is 68.1. The number of phenols is 2. The molecule has 6 rings (SSSR count). The standard InChI is InChI=1S/C32H18Cl4N4O8S2/c33-21-9-17(10-22(34)27(21)37-39-29-25(49(43,44)45)13-15-5-1-3-7-19(15)31(29)41)18-11-23(35)28(24(36)12-18)38-40-30-26(50(46,47)48)14-16-6-2-4-8-20(16)32(30)42/h1-14,41-42H,(H,43,44,45)(H,46,47,48)/b39-37+,40-38+. The number of halogens is 4. The highest BCUT2D eigenvalue weighted by atomic mass is 35.5. The average Bonchev–Trinajstić information content (AvgIpc) is 3.04. The van der Waals surface area contributed by atoms with Crippen molar-refractivity contribution in [3.05, 3.63) is 105 Å². The van der Waals surface area contributed by atoms with Crippen LogP contribution >= 0.6 is 46.4 Å². The van der Waals surface area contributed by atoms with E-state index in [1.165, 1.54) is 36.4 Å². The summed E-state index contributed by atoms with van der Waals surface area (Å²) in [5.74, 6) is -1.09. The molecule has 0 saturated carbocycles. The van der Waals surface area contributed by atoms with Crippen molar-refractivity contribution in [2.45, 2.75) is 9.79 Å². The summed E-state index contributed by atoms with van der Waals surface area (Å²) >= 11 is 26.0. The molecule has 0 unspecified atom stereocenters. The summed E-state index contributed by atoms with van der Waals surface area (Å²) in [6.45, 7) is 0. The molecule has 50 heavy (non-hydrogen) atoms. The van der Waals surface area contributed by atoms with Crippen LogP contribution in [-0.4, -0.2) is 36.2 Å². The summed E-state index contributed by atoms with van der Waals surface area (Å²) in [7, 11) is -9.67. The second-order valence-electron chi connectivity index (χ2n) is 10.5. The third-order valence-corrected chi connectivity index (χ3v) is 10.2. The van der Waals surface area contributed by atoms with E-state index in [0.29, 0.717) is 21.9 Å². The van der Waals surface area contributed by atoms with E-state index in [4.69, 9.17) is 46.4 Å². The van der Waals surface area contributed by atoms with Gasteiger partial charge in [0.1, 0.15) is 32.5 Å². The van der Waals surface area contributed by atoms with Crippen LogP contribution in [-0.2, 0) is 20.2 Å². The maximum absolute atomic E-state index is 12.1. The highest BCUT2D eigenvalue weighted by Gasteiger charge is 2.24. The molecule has 6 aromatic rings. The van der Waals surface area contributed by atoms with Crippen molar-refractivity contribution in [1.29, 1.82) is 0 Å². The Morgan fingerprint density at radius 1 is 0.460 bits per heavy atom. The molecule has 0 radical (unpaired) electrons. The van der Waals surface area contributed by atoms with Crippen LogP contribution in [0.2, 0.25) is 20.1 Å². The summed E-state index contributed by atoms with van der Waals surface area (Å²) in [4.78, 5) is -1.37. The number of hydrogen-bond donors (Lipinski definition) is 4. The van der Waals surface area contributed by atoms with Crippen molar-refractivity contribution in [1.82, 2.24) is 0 Å². The summed E-state index contributed by atoms with van der Waals surface area (Å²) in [5, 5.41) is 38.3. The van der Waals surface area contributed by atoms with Crippen molar-refractivity contribution >= 4 is 111 Å². The van der Waals surface area contributed by atoms with Crippen LogP contribution in [0.1, 0.15) is 0 Å². The minimum atomic E-state index is -4.84. The minimum absolute atomic E-state index is 0.0505. The average molecular weight is 792 g/mol. The van der Waals surface area contributed by atoms with Gasteiger partial charge < -0.3 is 10.2 Å². The summed E-state index contributed by atoms with van der Waals surface area (Å²) in [5.41, 5.74) is -0.492. The van der Waals surface area contributed by atoms with Gasteiger partial charge in [0.2, 0.25) is 0 Å². The van der Waals surface area contributed by atoms with Gasteiger partial charge in [0.05, 0.1) is 20.1 Å².